The summed E-state index contributed by atoms with van der Waals surface area (Å²) in [4.78, 5) is 25.5. The standard InChI is InChI=1S/C23H32N2O4S/c1-15(19-3-5-20(6-4-19)30(2,28)29)25-21(26)7-8-24-22(27)23-12-16-9-17(13-23)11-18(10-16)14-23/h3-6,15-18H,7-14H2,1-2H3,(H,24,27)(H,25,26). The fourth-order valence-corrected chi connectivity index (χ4v) is 6.90. The molecule has 4 aliphatic rings. The lowest BCUT2D eigenvalue weighted by atomic mass is 9.49. The van der Waals surface area contributed by atoms with Crippen LogP contribution in [0.3, 0.4) is 0 Å². The molecule has 7 heteroatoms. The van der Waals surface area contributed by atoms with Crippen LogP contribution in [0.1, 0.15) is 63.5 Å². The SMILES string of the molecule is CC(NC(=O)CCNC(=O)C12CC3CC(CC(C3)C1)C2)c1ccc(S(C)(=O)=O)cc1. The molecule has 0 aromatic heterocycles. The zero-order valence-corrected chi connectivity index (χ0v) is 18.6. The van der Waals surface area contributed by atoms with Crippen molar-refractivity contribution in [2.75, 3.05) is 12.8 Å². The van der Waals surface area contributed by atoms with Crippen LogP contribution in [0, 0.1) is 23.2 Å². The van der Waals surface area contributed by atoms with E-state index in [1.807, 2.05) is 6.92 Å². The molecule has 4 aliphatic carbocycles. The van der Waals surface area contributed by atoms with Crippen molar-refractivity contribution < 1.29 is 18.0 Å². The Hall–Kier alpha value is -1.89. The predicted octanol–water partition coefficient (Wildman–Crippen LogP) is 2.99. The van der Waals surface area contributed by atoms with Gasteiger partial charge < -0.3 is 10.6 Å². The predicted molar refractivity (Wildman–Crippen MR) is 114 cm³/mol. The highest BCUT2D eigenvalue weighted by Crippen LogP contribution is 2.60. The molecule has 0 aliphatic heterocycles. The molecule has 1 atom stereocenters. The molecule has 164 valence electrons. The summed E-state index contributed by atoms with van der Waals surface area (Å²) in [5.41, 5.74) is 0.660. The van der Waals surface area contributed by atoms with Gasteiger partial charge in [0.2, 0.25) is 11.8 Å². The summed E-state index contributed by atoms with van der Waals surface area (Å²) >= 11 is 0. The molecule has 5 rings (SSSR count). The Balaban J connectivity index is 1.24. The topological polar surface area (TPSA) is 92.3 Å². The summed E-state index contributed by atoms with van der Waals surface area (Å²) in [7, 11) is -3.23. The smallest absolute Gasteiger partial charge is 0.226 e. The van der Waals surface area contributed by atoms with Gasteiger partial charge in [0.15, 0.2) is 9.84 Å². The van der Waals surface area contributed by atoms with E-state index in [4.69, 9.17) is 0 Å². The van der Waals surface area contributed by atoms with E-state index in [0.29, 0.717) is 6.54 Å². The number of amides is 2. The molecule has 6 nitrogen and oxygen atoms in total. The summed E-state index contributed by atoms with van der Waals surface area (Å²) in [6.07, 6.45) is 8.40. The second-order valence-electron chi connectivity index (χ2n) is 9.83. The van der Waals surface area contributed by atoms with Crippen molar-refractivity contribution in [2.45, 2.75) is 62.8 Å². The average molecular weight is 433 g/mol. The van der Waals surface area contributed by atoms with E-state index in [0.717, 1.165) is 42.6 Å². The monoisotopic (exact) mass is 432 g/mol. The molecule has 2 N–H and O–H groups in total. The maximum absolute atomic E-state index is 12.9. The van der Waals surface area contributed by atoms with E-state index in [9.17, 15) is 18.0 Å². The lowest BCUT2D eigenvalue weighted by molar-refractivity contribution is -0.146. The van der Waals surface area contributed by atoms with Crippen LogP contribution < -0.4 is 10.6 Å². The lowest BCUT2D eigenvalue weighted by Gasteiger charge is -2.55. The number of hydrogen-bond donors (Lipinski definition) is 2. The quantitative estimate of drug-likeness (QED) is 0.693. The van der Waals surface area contributed by atoms with Gasteiger partial charge in [-0.1, -0.05) is 12.1 Å². The molecule has 1 unspecified atom stereocenters. The molecule has 0 spiro atoms. The van der Waals surface area contributed by atoms with Gasteiger partial charge in [0.05, 0.1) is 10.9 Å². The first kappa shape index (κ1) is 21.3. The Morgan fingerprint density at radius 3 is 2.07 bits per heavy atom. The van der Waals surface area contributed by atoms with Crippen LogP contribution in [0.5, 0.6) is 0 Å². The molecule has 2 amide bonds. The molecular weight excluding hydrogens is 400 g/mol. The first-order chi connectivity index (χ1) is 14.1. The van der Waals surface area contributed by atoms with Crippen molar-refractivity contribution in [2.24, 2.45) is 23.2 Å². The van der Waals surface area contributed by atoms with Crippen molar-refractivity contribution in [3.63, 3.8) is 0 Å². The fourth-order valence-electron chi connectivity index (χ4n) is 6.27. The lowest BCUT2D eigenvalue weighted by Crippen LogP contribution is -2.53. The van der Waals surface area contributed by atoms with E-state index < -0.39 is 9.84 Å². The van der Waals surface area contributed by atoms with Crippen LogP contribution in [0.25, 0.3) is 0 Å². The normalized spacial score (nSPS) is 30.7. The first-order valence-corrected chi connectivity index (χ1v) is 12.9. The van der Waals surface area contributed by atoms with E-state index in [1.165, 1.54) is 25.5 Å². The Morgan fingerprint density at radius 2 is 1.57 bits per heavy atom. The number of nitrogens with one attached hydrogen (secondary N) is 2. The number of hydrogen-bond acceptors (Lipinski definition) is 4. The van der Waals surface area contributed by atoms with Crippen LogP contribution in [0.2, 0.25) is 0 Å². The highest BCUT2D eigenvalue weighted by atomic mass is 32.2. The van der Waals surface area contributed by atoms with Gasteiger partial charge in [-0.3, -0.25) is 9.59 Å². The molecule has 1 aromatic carbocycles. The second-order valence-corrected chi connectivity index (χ2v) is 11.8. The minimum absolute atomic E-state index is 0.125. The maximum atomic E-state index is 12.9. The number of carbonyl (C=O) groups is 2. The number of carbonyl (C=O) groups excluding carboxylic acids is 2. The van der Waals surface area contributed by atoms with Crippen LogP contribution in [-0.4, -0.2) is 33.0 Å². The van der Waals surface area contributed by atoms with E-state index in [2.05, 4.69) is 10.6 Å². The average Bonchev–Trinajstić information content (AvgIpc) is 2.66. The maximum Gasteiger partial charge on any atom is 0.226 e. The molecule has 0 saturated heterocycles. The van der Waals surface area contributed by atoms with Crippen molar-refractivity contribution in [3.05, 3.63) is 29.8 Å². The summed E-state index contributed by atoms with van der Waals surface area (Å²) in [5.74, 6) is 2.19. The van der Waals surface area contributed by atoms with Crippen molar-refractivity contribution >= 4 is 21.7 Å². The third-order valence-corrected chi connectivity index (χ3v) is 8.47. The zero-order chi connectivity index (χ0) is 21.5. The van der Waals surface area contributed by atoms with E-state index in [-0.39, 0.29) is 34.6 Å². The summed E-state index contributed by atoms with van der Waals surface area (Å²) in [6, 6.07) is 6.31. The highest BCUT2D eigenvalue weighted by molar-refractivity contribution is 7.90. The Bertz CT molecular complexity index is 888. The van der Waals surface area contributed by atoms with Gasteiger partial charge >= 0.3 is 0 Å². The fraction of sp³-hybridized carbons (Fsp3) is 0.652. The van der Waals surface area contributed by atoms with Gasteiger partial charge in [-0.25, -0.2) is 8.42 Å². The Kier molecular flexibility index (Phi) is 5.68. The number of sulfone groups is 1. The molecule has 0 heterocycles. The molecule has 1 aromatic rings. The van der Waals surface area contributed by atoms with Crippen LogP contribution in [0.4, 0.5) is 0 Å². The van der Waals surface area contributed by atoms with Gasteiger partial charge in [0.25, 0.3) is 0 Å². The Morgan fingerprint density at radius 1 is 1.03 bits per heavy atom. The third-order valence-electron chi connectivity index (χ3n) is 7.34. The van der Waals surface area contributed by atoms with Crippen LogP contribution >= 0.6 is 0 Å². The van der Waals surface area contributed by atoms with Gasteiger partial charge in [0, 0.05) is 24.6 Å². The summed E-state index contributed by atoms with van der Waals surface area (Å²) in [5, 5.41) is 5.97. The molecule has 4 fully saturated rings. The van der Waals surface area contributed by atoms with Crippen molar-refractivity contribution in [1.82, 2.24) is 10.6 Å². The first-order valence-electron chi connectivity index (χ1n) is 11.0. The van der Waals surface area contributed by atoms with Crippen LogP contribution in [-0.2, 0) is 19.4 Å². The minimum atomic E-state index is -3.23. The van der Waals surface area contributed by atoms with E-state index in [1.54, 1.807) is 24.3 Å². The molecule has 4 bridgehead atoms. The molecule has 0 radical (unpaired) electrons. The summed E-state index contributed by atoms with van der Waals surface area (Å²) in [6.45, 7) is 2.22. The second kappa shape index (κ2) is 7.98. The van der Waals surface area contributed by atoms with Crippen LogP contribution in [0.15, 0.2) is 29.2 Å². The number of benzene rings is 1. The highest BCUT2D eigenvalue weighted by Gasteiger charge is 2.54. The molecular formula is C23H32N2O4S. The zero-order valence-electron chi connectivity index (χ0n) is 17.8. The minimum Gasteiger partial charge on any atom is -0.355 e. The largest absolute Gasteiger partial charge is 0.355 e. The van der Waals surface area contributed by atoms with E-state index >= 15 is 0 Å². The molecule has 4 saturated carbocycles. The Labute approximate surface area is 179 Å². The van der Waals surface area contributed by atoms with Crippen molar-refractivity contribution in [3.8, 4) is 0 Å². The van der Waals surface area contributed by atoms with Gasteiger partial charge in [0.1, 0.15) is 0 Å². The van der Waals surface area contributed by atoms with Gasteiger partial charge in [-0.15, -0.1) is 0 Å². The van der Waals surface area contributed by atoms with Gasteiger partial charge in [-0.2, -0.15) is 0 Å². The molecule has 30 heavy (non-hydrogen) atoms. The van der Waals surface area contributed by atoms with Crippen molar-refractivity contribution in [1.29, 1.82) is 0 Å². The third kappa shape index (κ3) is 4.41. The number of rotatable bonds is 7. The summed E-state index contributed by atoms with van der Waals surface area (Å²) < 4.78 is 23.1. The van der Waals surface area contributed by atoms with Gasteiger partial charge in [-0.05, 0) is 80.9 Å².